The maximum absolute atomic E-state index is 11.4. The number of ether oxygens (including phenoxy) is 2. The van der Waals surface area contributed by atoms with Crippen LogP contribution >= 0.6 is 0 Å². The first-order chi connectivity index (χ1) is 8.51. The molecule has 2 aromatic rings. The molecule has 0 bridgehead atoms. The molecule has 6 nitrogen and oxygen atoms in total. The molecule has 0 aliphatic heterocycles. The molecule has 0 amide bonds. The number of phenols is 2. The zero-order valence-corrected chi connectivity index (χ0v) is 10.1. The number of aromatic hydroxyl groups is 2. The van der Waals surface area contributed by atoms with E-state index in [0.29, 0.717) is 5.56 Å². The van der Waals surface area contributed by atoms with Gasteiger partial charge in [0.1, 0.15) is 0 Å². The zero-order chi connectivity index (χ0) is 13.4. The smallest absolute Gasteiger partial charge is 0.336 e. The molecule has 0 radical (unpaired) electrons. The van der Waals surface area contributed by atoms with Crippen LogP contribution in [0.1, 0.15) is 5.56 Å². The van der Waals surface area contributed by atoms with Crippen molar-refractivity contribution in [1.29, 1.82) is 0 Å². The Morgan fingerprint density at radius 1 is 1.11 bits per heavy atom. The van der Waals surface area contributed by atoms with Gasteiger partial charge in [-0.25, -0.2) is 4.79 Å². The van der Waals surface area contributed by atoms with Gasteiger partial charge in [-0.2, -0.15) is 0 Å². The number of rotatable bonds is 2. The van der Waals surface area contributed by atoms with Crippen molar-refractivity contribution in [1.82, 2.24) is 0 Å². The summed E-state index contributed by atoms with van der Waals surface area (Å²) in [4.78, 5) is 11.4. The third-order valence-corrected chi connectivity index (χ3v) is 2.66. The SMILES string of the molecule is COc1c(O)c(O)c2c(C)cc(=O)oc2c1OC. The van der Waals surface area contributed by atoms with Crippen molar-refractivity contribution in [2.45, 2.75) is 6.92 Å². The summed E-state index contributed by atoms with van der Waals surface area (Å²) in [5.74, 6) is -0.900. The highest BCUT2D eigenvalue weighted by atomic mass is 16.5. The Balaban J connectivity index is 3.09. The molecule has 0 aliphatic rings. The summed E-state index contributed by atoms with van der Waals surface area (Å²) in [6.45, 7) is 1.62. The topological polar surface area (TPSA) is 89.1 Å². The Morgan fingerprint density at radius 2 is 1.72 bits per heavy atom. The van der Waals surface area contributed by atoms with Gasteiger partial charge >= 0.3 is 5.63 Å². The summed E-state index contributed by atoms with van der Waals surface area (Å²) in [5.41, 5.74) is -0.0740. The maximum Gasteiger partial charge on any atom is 0.336 e. The van der Waals surface area contributed by atoms with E-state index in [1.54, 1.807) is 6.92 Å². The fraction of sp³-hybridized carbons (Fsp3) is 0.250. The normalized spacial score (nSPS) is 10.6. The molecule has 0 fully saturated rings. The molecule has 2 rings (SSSR count). The first kappa shape index (κ1) is 12.1. The molecule has 0 saturated heterocycles. The lowest BCUT2D eigenvalue weighted by molar-refractivity contribution is 0.320. The monoisotopic (exact) mass is 252 g/mol. The molecular weight excluding hydrogens is 240 g/mol. The second kappa shape index (κ2) is 4.14. The zero-order valence-electron chi connectivity index (χ0n) is 10.1. The Bertz CT molecular complexity index is 671. The lowest BCUT2D eigenvalue weighted by atomic mass is 10.1. The minimum absolute atomic E-state index is 0.0367. The van der Waals surface area contributed by atoms with Gasteiger partial charge in [0.05, 0.1) is 19.6 Å². The van der Waals surface area contributed by atoms with E-state index in [1.807, 2.05) is 0 Å². The van der Waals surface area contributed by atoms with Crippen LogP contribution in [-0.4, -0.2) is 24.4 Å². The predicted octanol–water partition coefficient (Wildman–Crippen LogP) is 1.53. The van der Waals surface area contributed by atoms with E-state index in [9.17, 15) is 15.0 Å². The Hall–Kier alpha value is -2.37. The minimum atomic E-state index is -0.578. The molecule has 0 spiro atoms. The molecule has 0 unspecified atom stereocenters. The molecule has 0 atom stereocenters. The number of methoxy groups -OCH3 is 2. The van der Waals surface area contributed by atoms with E-state index in [4.69, 9.17) is 13.9 Å². The number of hydrogen-bond donors (Lipinski definition) is 2. The molecule has 0 saturated carbocycles. The van der Waals surface area contributed by atoms with Gasteiger partial charge < -0.3 is 24.1 Å². The molecule has 2 N–H and O–H groups in total. The predicted molar refractivity (Wildman–Crippen MR) is 63.7 cm³/mol. The van der Waals surface area contributed by atoms with Gasteiger partial charge in [0.25, 0.3) is 0 Å². The third kappa shape index (κ3) is 1.54. The lowest BCUT2D eigenvalue weighted by Crippen LogP contribution is -2.01. The summed E-state index contributed by atoms with van der Waals surface area (Å²) >= 11 is 0. The first-order valence-corrected chi connectivity index (χ1v) is 5.11. The average Bonchev–Trinajstić information content (AvgIpc) is 2.32. The minimum Gasteiger partial charge on any atom is -0.504 e. The van der Waals surface area contributed by atoms with Crippen molar-refractivity contribution in [3.63, 3.8) is 0 Å². The number of fused-ring (bicyclic) bond motifs is 1. The van der Waals surface area contributed by atoms with E-state index >= 15 is 0 Å². The first-order valence-electron chi connectivity index (χ1n) is 5.11. The summed E-state index contributed by atoms with van der Waals surface area (Å²) in [5, 5.41) is 20.0. The van der Waals surface area contributed by atoms with E-state index < -0.39 is 17.1 Å². The second-order valence-corrected chi connectivity index (χ2v) is 3.72. The van der Waals surface area contributed by atoms with E-state index in [2.05, 4.69) is 0 Å². The molecule has 6 heteroatoms. The fourth-order valence-corrected chi connectivity index (χ4v) is 1.87. The molecule has 0 aliphatic carbocycles. The van der Waals surface area contributed by atoms with Crippen LogP contribution in [0.3, 0.4) is 0 Å². The second-order valence-electron chi connectivity index (χ2n) is 3.72. The van der Waals surface area contributed by atoms with Crippen LogP contribution in [-0.2, 0) is 0 Å². The van der Waals surface area contributed by atoms with Crippen molar-refractivity contribution < 1.29 is 24.1 Å². The van der Waals surface area contributed by atoms with Gasteiger partial charge in [0.2, 0.25) is 17.2 Å². The van der Waals surface area contributed by atoms with Crippen molar-refractivity contribution in [2.24, 2.45) is 0 Å². The summed E-state index contributed by atoms with van der Waals surface area (Å²) < 4.78 is 15.0. The standard InChI is InChI=1S/C12H12O6/c1-5-4-6(13)18-10-7(5)8(14)9(15)11(16-2)12(10)17-3/h4,14-15H,1-3H3. The van der Waals surface area contributed by atoms with Crippen LogP contribution in [0.5, 0.6) is 23.0 Å². The molecule has 1 heterocycles. The third-order valence-electron chi connectivity index (χ3n) is 2.66. The highest BCUT2D eigenvalue weighted by Gasteiger charge is 2.23. The highest BCUT2D eigenvalue weighted by molar-refractivity contribution is 5.96. The number of aryl methyl sites for hydroxylation is 1. The van der Waals surface area contributed by atoms with Gasteiger partial charge in [-0.1, -0.05) is 0 Å². The van der Waals surface area contributed by atoms with Crippen LogP contribution in [0.4, 0.5) is 0 Å². The van der Waals surface area contributed by atoms with Crippen LogP contribution in [0.15, 0.2) is 15.3 Å². The molecule has 1 aromatic carbocycles. The average molecular weight is 252 g/mol. The highest BCUT2D eigenvalue weighted by Crippen LogP contribution is 2.49. The number of phenolic OH excluding ortho intramolecular Hbond substituents is 2. The summed E-state index contributed by atoms with van der Waals surface area (Å²) in [7, 11) is 2.65. The molecule has 18 heavy (non-hydrogen) atoms. The largest absolute Gasteiger partial charge is 0.504 e. The van der Waals surface area contributed by atoms with Crippen LogP contribution in [0.2, 0.25) is 0 Å². The lowest BCUT2D eigenvalue weighted by Gasteiger charge is -2.13. The van der Waals surface area contributed by atoms with Gasteiger partial charge in [0, 0.05) is 6.07 Å². The Kier molecular flexibility index (Phi) is 2.78. The number of hydrogen-bond acceptors (Lipinski definition) is 6. The van der Waals surface area contributed by atoms with Crippen LogP contribution in [0, 0.1) is 6.92 Å². The number of benzene rings is 1. The van der Waals surface area contributed by atoms with Gasteiger partial charge in [-0.15, -0.1) is 0 Å². The molecule has 1 aromatic heterocycles. The van der Waals surface area contributed by atoms with E-state index in [1.165, 1.54) is 20.3 Å². The van der Waals surface area contributed by atoms with Crippen molar-refractivity contribution in [2.75, 3.05) is 14.2 Å². The Labute approximate surface area is 102 Å². The van der Waals surface area contributed by atoms with Gasteiger partial charge in [-0.3, -0.25) is 0 Å². The quantitative estimate of drug-likeness (QED) is 0.622. The Morgan fingerprint density at radius 3 is 2.28 bits per heavy atom. The van der Waals surface area contributed by atoms with E-state index in [-0.39, 0.29) is 22.5 Å². The molecule has 96 valence electrons. The maximum atomic E-state index is 11.4. The van der Waals surface area contributed by atoms with Gasteiger partial charge in [-0.05, 0) is 12.5 Å². The van der Waals surface area contributed by atoms with Gasteiger partial charge in [0.15, 0.2) is 11.3 Å². The summed E-state index contributed by atoms with van der Waals surface area (Å²) in [6, 6.07) is 1.22. The van der Waals surface area contributed by atoms with Crippen molar-refractivity contribution >= 4 is 11.0 Å². The van der Waals surface area contributed by atoms with Crippen molar-refractivity contribution in [3.05, 3.63) is 22.0 Å². The van der Waals surface area contributed by atoms with Crippen LogP contribution < -0.4 is 15.1 Å². The molecular formula is C12H12O6. The van der Waals surface area contributed by atoms with Crippen LogP contribution in [0.25, 0.3) is 11.0 Å². The van der Waals surface area contributed by atoms with Crippen molar-refractivity contribution in [3.8, 4) is 23.0 Å². The fourth-order valence-electron chi connectivity index (χ4n) is 1.87. The van der Waals surface area contributed by atoms with E-state index in [0.717, 1.165) is 0 Å². The summed E-state index contributed by atoms with van der Waals surface area (Å²) in [6.07, 6.45) is 0.